The van der Waals surface area contributed by atoms with Crippen LogP contribution in [0, 0.1) is 0 Å². The van der Waals surface area contributed by atoms with Gasteiger partial charge in [-0.25, -0.2) is 4.79 Å². The van der Waals surface area contributed by atoms with Gasteiger partial charge in [-0.05, 0) is 29.2 Å². The monoisotopic (exact) mass is 223 g/mol. The standard InChI is InChI=1S/C15H13NO/c1-2-13-14(12-7-4-3-5-8-12)9-6-10-15(13)16-11-17/h3-10H,2H2,1H3. The predicted octanol–water partition coefficient (Wildman–Crippen LogP) is 3.88. The highest BCUT2D eigenvalue weighted by Crippen LogP contribution is 2.30. The van der Waals surface area contributed by atoms with Gasteiger partial charge in [0.1, 0.15) is 0 Å². The fourth-order valence-electron chi connectivity index (χ4n) is 1.99. The third-order valence-electron chi connectivity index (χ3n) is 2.76. The van der Waals surface area contributed by atoms with Crippen molar-refractivity contribution in [2.75, 3.05) is 0 Å². The second-order valence-electron chi connectivity index (χ2n) is 3.73. The molecule has 0 aliphatic heterocycles. The van der Waals surface area contributed by atoms with E-state index in [0.717, 1.165) is 23.1 Å². The van der Waals surface area contributed by atoms with Crippen molar-refractivity contribution in [2.45, 2.75) is 13.3 Å². The topological polar surface area (TPSA) is 29.4 Å². The molecule has 0 radical (unpaired) electrons. The van der Waals surface area contributed by atoms with Crippen LogP contribution >= 0.6 is 0 Å². The van der Waals surface area contributed by atoms with E-state index in [1.54, 1.807) is 6.08 Å². The highest BCUT2D eigenvalue weighted by Gasteiger charge is 2.07. The Bertz CT molecular complexity index is 554. The maximum Gasteiger partial charge on any atom is 0.240 e. The molecule has 0 N–H and O–H groups in total. The molecule has 0 unspecified atom stereocenters. The SMILES string of the molecule is CCc1c(N=C=O)cccc1-c1ccccc1. The first-order valence-corrected chi connectivity index (χ1v) is 5.62. The molecule has 0 heterocycles. The highest BCUT2D eigenvalue weighted by molar-refractivity contribution is 5.73. The molecule has 0 aliphatic rings. The summed E-state index contributed by atoms with van der Waals surface area (Å²) in [5, 5.41) is 0. The molecule has 0 aromatic heterocycles. The maximum atomic E-state index is 10.4. The second-order valence-corrected chi connectivity index (χ2v) is 3.73. The number of nitrogens with zero attached hydrogens (tertiary/aromatic N) is 1. The fourth-order valence-corrected chi connectivity index (χ4v) is 1.99. The first-order valence-electron chi connectivity index (χ1n) is 5.62. The zero-order valence-electron chi connectivity index (χ0n) is 9.68. The van der Waals surface area contributed by atoms with Gasteiger partial charge in [-0.3, -0.25) is 0 Å². The number of benzene rings is 2. The van der Waals surface area contributed by atoms with Crippen molar-refractivity contribution in [3.05, 3.63) is 54.1 Å². The van der Waals surface area contributed by atoms with Crippen molar-refractivity contribution in [2.24, 2.45) is 4.99 Å². The molecule has 0 spiro atoms. The van der Waals surface area contributed by atoms with Crippen molar-refractivity contribution in [1.29, 1.82) is 0 Å². The lowest BCUT2D eigenvalue weighted by molar-refractivity contribution is 0.565. The maximum absolute atomic E-state index is 10.4. The lowest BCUT2D eigenvalue weighted by Crippen LogP contribution is -1.88. The van der Waals surface area contributed by atoms with Crippen molar-refractivity contribution in [3.8, 4) is 11.1 Å². The average Bonchev–Trinajstić information content (AvgIpc) is 2.40. The largest absolute Gasteiger partial charge is 0.240 e. The molecule has 2 heteroatoms. The molecule has 84 valence electrons. The summed E-state index contributed by atoms with van der Waals surface area (Å²) in [4.78, 5) is 14.2. The van der Waals surface area contributed by atoms with Gasteiger partial charge >= 0.3 is 0 Å². The lowest BCUT2D eigenvalue weighted by atomic mass is 9.97. The number of aliphatic imine (C=N–C) groups is 1. The zero-order valence-corrected chi connectivity index (χ0v) is 9.68. The normalized spacial score (nSPS) is 9.71. The number of hydrogen-bond acceptors (Lipinski definition) is 2. The van der Waals surface area contributed by atoms with E-state index in [9.17, 15) is 4.79 Å². The molecule has 0 saturated carbocycles. The first-order chi connectivity index (χ1) is 8.36. The van der Waals surface area contributed by atoms with Crippen LogP contribution in [0.15, 0.2) is 53.5 Å². The molecule has 2 rings (SSSR count). The highest BCUT2D eigenvalue weighted by atomic mass is 16.1. The fraction of sp³-hybridized carbons (Fsp3) is 0.133. The number of isocyanates is 1. The van der Waals surface area contributed by atoms with Crippen LogP contribution < -0.4 is 0 Å². The van der Waals surface area contributed by atoms with Crippen LogP contribution in [0.2, 0.25) is 0 Å². The van der Waals surface area contributed by atoms with Crippen LogP contribution in [0.5, 0.6) is 0 Å². The summed E-state index contributed by atoms with van der Waals surface area (Å²) < 4.78 is 0. The van der Waals surface area contributed by atoms with E-state index in [0.29, 0.717) is 5.69 Å². The van der Waals surface area contributed by atoms with Gasteiger partial charge in [0, 0.05) is 0 Å². The van der Waals surface area contributed by atoms with Crippen LogP contribution in [-0.4, -0.2) is 6.08 Å². The van der Waals surface area contributed by atoms with E-state index in [-0.39, 0.29) is 0 Å². The van der Waals surface area contributed by atoms with Gasteiger partial charge in [-0.2, -0.15) is 4.99 Å². The minimum atomic E-state index is 0.712. The molecule has 0 amide bonds. The smallest absolute Gasteiger partial charge is 0.211 e. The molecule has 0 fully saturated rings. The quantitative estimate of drug-likeness (QED) is 0.573. The van der Waals surface area contributed by atoms with E-state index in [2.05, 4.69) is 30.1 Å². The summed E-state index contributed by atoms with van der Waals surface area (Å²) >= 11 is 0. The van der Waals surface area contributed by atoms with Crippen LogP contribution in [0.25, 0.3) is 11.1 Å². The first kappa shape index (κ1) is 11.3. The van der Waals surface area contributed by atoms with Gasteiger partial charge < -0.3 is 0 Å². The van der Waals surface area contributed by atoms with Crippen molar-refractivity contribution >= 4 is 11.8 Å². The molecule has 17 heavy (non-hydrogen) atoms. The Morgan fingerprint density at radius 3 is 2.47 bits per heavy atom. The van der Waals surface area contributed by atoms with Crippen LogP contribution in [0.3, 0.4) is 0 Å². The second kappa shape index (κ2) is 5.24. The molecule has 0 atom stereocenters. The van der Waals surface area contributed by atoms with Crippen molar-refractivity contribution < 1.29 is 4.79 Å². The van der Waals surface area contributed by atoms with Gasteiger partial charge in [-0.1, -0.05) is 49.4 Å². The molecule has 0 saturated heterocycles. The van der Waals surface area contributed by atoms with Gasteiger partial charge in [-0.15, -0.1) is 0 Å². The molecule has 2 aromatic carbocycles. The number of rotatable bonds is 3. The van der Waals surface area contributed by atoms with E-state index >= 15 is 0 Å². The van der Waals surface area contributed by atoms with Gasteiger partial charge in [0.25, 0.3) is 0 Å². The Kier molecular flexibility index (Phi) is 3.49. The van der Waals surface area contributed by atoms with Gasteiger partial charge in [0.05, 0.1) is 5.69 Å². The summed E-state index contributed by atoms with van der Waals surface area (Å²) in [6.45, 7) is 2.06. The van der Waals surface area contributed by atoms with Gasteiger partial charge in [0.15, 0.2) is 0 Å². The van der Waals surface area contributed by atoms with Crippen LogP contribution in [0.4, 0.5) is 5.69 Å². The predicted molar refractivity (Wildman–Crippen MR) is 69.0 cm³/mol. The molecule has 2 nitrogen and oxygen atoms in total. The minimum Gasteiger partial charge on any atom is -0.211 e. The summed E-state index contributed by atoms with van der Waals surface area (Å²) in [5.41, 5.74) is 4.07. The molecular weight excluding hydrogens is 210 g/mol. The molecular formula is C15H13NO. The summed E-state index contributed by atoms with van der Waals surface area (Å²) in [6.07, 6.45) is 2.45. The summed E-state index contributed by atoms with van der Waals surface area (Å²) in [6, 6.07) is 15.9. The minimum absolute atomic E-state index is 0.712. The van der Waals surface area contributed by atoms with E-state index in [1.165, 1.54) is 0 Å². The van der Waals surface area contributed by atoms with E-state index in [4.69, 9.17) is 0 Å². The third kappa shape index (κ3) is 2.32. The van der Waals surface area contributed by atoms with Crippen molar-refractivity contribution in [1.82, 2.24) is 0 Å². The molecule has 0 aliphatic carbocycles. The average molecular weight is 223 g/mol. The Morgan fingerprint density at radius 1 is 1.06 bits per heavy atom. The van der Waals surface area contributed by atoms with Crippen LogP contribution in [-0.2, 0) is 11.2 Å². The third-order valence-corrected chi connectivity index (χ3v) is 2.76. The van der Waals surface area contributed by atoms with E-state index < -0.39 is 0 Å². The van der Waals surface area contributed by atoms with Crippen molar-refractivity contribution in [3.63, 3.8) is 0 Å². The number of hydrogen-bond donors (Lipinski definition) is 0. The summed E-state index contributed by atoms with van der Waals surface area (Å²) in [5.74, 6) is 0. The van der Waals surface area contributed by atoms with E-state index in [1.807, 2.05) is 30.3 Å². The lowest BCUT2D eigenvalue weighted by Gasteiger charge is -2.09. The summed E-state index contributed by atoms with van der Waals surface area (Å²) in [7, 11) is 0. The van der Waals surface area contributed by atoms with Gasteiger partial charge in [0.2, 0.25) is 6.08 Å². The molecule has 0 bridgehead atoms. The molecule has 2 aromatic rings. The Labute approximate surface area is 101 Å². The number of carbonyl (C=O) groups excluding carboxylic acids is 1. The zero-order chi connectivity index (χ0) is 12.1. The Balaban J connectivity index is 2.62. The van der Waals surface area contributed by atoms with Crippen LogP contribution in [0.1, 0.15) is 12.5 Å². The Hall–Kier alpha value is -2.18. The Morgan fingerprint density at radius 2 is 1.82 bits per heavy atom.